The summed E-state index contributed by atoms with van der Waals surface area (Å²) in [7, 11) is 0. The minimum atomic E-state index is 0.325. The summed E-state index contributed by atoms with van der Waals surface area (Å²) in [6.45, 7) is 5.13. The molecule has 1 unspecified atom stereocenters. The van der Waals surface area contributed by atoms with Crippen molar-refractivity contribution < 1.29 is 0 Å². The van der Waals surface area contributed by atoms with Crippen LogP contribution in [0.15, 0.2) is 16.3 Å². The molecule has 2 aromatic rings. The van der Waals surface area contributed by atoms with Crippen molar-refractivity contribution in [3.05, 3.63) is 32.7 Å². The molecule has 0 amide bonds. The predicted octanol–water partition coefficient (Wildman–Crippen LogP) is 2.80. The van der Waals surface area contributed by atoms with E-state index in [1.54, 1.807) is 22.7 Å². The highest BCUT2D eigenvalue weighted by atomic mass is 32.1. The molecule has 5 heteroatoms. The summed E-state index contributed by atoms with van der Waals surface area (Å²) < 4.78 is 0. The SMILES string of the molecule is Cc1nc(CCNC(C)c2cscn2)cs1. The molecule has 0 aromatic carbocycles. The summed E-state index contributed by atoms with van der Waals surface area (Å²) in [6.07, 6.45) is 0.985. The molecule has 0 aliphatic carbocycles. The topological polar surface area (TPSA) is 37.8 Å². The van der Waals surface area contributed by atoms with Gasteiger partial charge in [-0.25, -0.2) is 9.97 Å². The van der Waals surface area contributed by atoms with E-state index in [2.05, 4.69) is 33.0 Å². The van der Waals surface area contributed by atoms with E-state index in [9.17, 15) is 0 Å². The largest absolute Gasteiger partial charge is 0.308 e. The molecule has 0 fully saturated rings. The van der Waals surface area contributed by atoms with E-state index in [1.165, 1.54) is 5.69 Å². The first-order chi connectivity index (χ1) is 7.75. The molecule has 1 atom stereocenters. The zero-order valence-electron chi connectivity index (χ0n) is 9.43. The molecule has 2 aromatic heterocycles. The summed E-state index contributed by atoms with van der Waals surface area (Å²) in [4.78, 5) is 8.72. The zero-order chi connectivity index (χ0) is 11.4. The van der Waals surface area contributed by atoms with Crippen LogP contribution in [0.4, 0.5) is 0 Å². The van der Waals surface area contributed by atoms with Gasteiger partial charge in [0.15, 0.2) is 0 Å². The van der Waals surface area contributed by atoms with Crippen molar-refractivity contribution >= 4 is 22.7 Å². The third kappa shape index (κ3) is 3.10. The average Bonchev–Trinajstić information content (AvgIpc) is 2.89. The Morgan fingerprint density at radius 1 is 1.44 bits per heavy atom. The minimum absolute atomic E-state index is 0.325. The lowest BCUT2D eigenvalue weighted by molar-refractivity contribution is 0.564. The Bertz CT molecular complexity index is 422. The first-order valence-corrected chi connectivity index (χ1v) is 7.10. The summed E-state index contributed by atoms with van der Waals surface area (Å²) in [5, 5.41) is 8.81. The highest BCUT2D eigenvalue weighted by Crippen LogP contribution is 2.12. The van der Waals surface area contributed by atoms with Crippen molar-refractivity contribution in [3.8, 4) is 0 Å². The summed E-state index contributed by atoms with van der Waals surface area (Å²) in [5.41, 5.74) is 4.18. The third-order valence-corrected chi connectivity index (χ3v) is 3.82. The molecule has 0 saturated carbocycles. The van der Waals surface area contributed by atoms with Crippen molar-refractivity contribution in [1.82, 2.24) is 15.3 Å². The molecule has 0 bridgehead atoms. The lowest BCUT2D eigenvalue weighted by Crippen LogP contribution is -2.21. The molecular weight excluding hydrogens is 238 g/mol. The van der Waals surface area contributed by atoms with Gasteiger partial charge in [-0.05, 0) is 13.8 Å². The first kappa shape index (κ1) is 11.7. The molecule has 16 heavy (non-hydrogen) atoms. The van der Waals surface area contributed by atoms with Gasteiger partial charge < -0.3 is 5.32 Å². The van der Waals surface area contributed by atoms with Crippen LogP contribution in [0.2, 0.25) is 0 Å². The van der Waals surface area contributed by atoms with Crippen LogP contribution in [0.3, 0.4) is 0 Å². The van der Waals surface area contributed by atoms with E-state index in [1.807, 2.05) is 12.4 Å². The van der Waals surface area contributed by atoms with E-state index < -0.39 is 0 Å². The van der Waals surface area contributed by atoms with Gasteiger partial charge >= 0.3 is 0 Å². The first-order valence-electron chi connectivity index (χ1n) is 5.28. The van der Waals surface area contributed by atoms with Crippen LogP contribution in [0.25, 0.3) is 0 Å². The van der Waals surface area contributed by atoms with Crippen LogP contribution < -0.4 is 5.32 Å². The van der Waals surface area contributed by atoms with Crippen molar-refractivity contribution in [1.29, 1.82) is 0 Å². The van der Waals surface area contributed by atoms with Gasteiger partial charge in [-0.1, -0.05) is 0 Å². The van der Waals surface area contributed by atoms with Crippen LogP contribution in [0.1, 0.15) is 29.4 Å². The number of hydrogen-bond acceptors (Lipinski definition) is 5. The molecule has 3 nitrogen and oxygen atoms in total. The number of hydrogen-bond donors (Lipinski definition) is 1. The van der Waals surface area contributed by atoms with Crippen LogP contribution in [0, 0.1) is 6.92 Å². The van der Waals surface area contributed by atoms with Crippen LogP contribution >= 0.6 is 22.7 Å². The highest BCUT2D eigenvalue weighted by Gasteiger charge is 2.06. The van der Waals surface area contributed by atoms with E-state index in [0.717, 1.165) is 23.7 Å². The summed E-state index contributed by atoms with van der Waals surface area (Å²) >= 11 is 3.35. The monoisotopic (exact) mass is 253 g/mol. The molecule has 2 rings (SSSR count). The van der Waals surface area contributed by atoms with Gasteiger partial charge in [-0.15, -0.1) is 22.7 Å². The van der Waals surface area contributed by atoms with Gasteiger partial charge in [-0.3, -0.25) is 0 Å². The van der Waals surface area contributed by atoms with Crippen molar-refractivity contribution in [3.63, 3.8) is 0 Å². The zero-order valence-corrected chi connectivity index (χ0v) is 11.1. The lowest BCUT2D eigenvalue weighted by atomic mass is 10.2. The molecule has 0 aliphatic rings. The van der Waals surface area contributed by atoms with Crippen LogP contribution in [0.5, 0.6) is 0 Å². The third-order valence-electron chi connectivity index (χ3n) is 2.39. The van der Waals surface area contributed by atoms with Crippen LogP contribution in [-0.4, -0.2) is 16.5 Å². The van der Waals surface area contributed by atoms with Gasteiger partial charge in [0, 0.05) is 29.8 Å². The quantitative estimate of drug-likeness (QED) is 0.890. The number of aromatic nitrogens is 2. The van der Waals surface area contributed by atoms with Gasteiger partial charge in [0.2, 0.25) is 0 Å². The number of aryl methyl sites for hydroxylation is 1. The molecule has 0 radical (unpaired) electrons. The van der Waals surface area contributed by atoms with E-state index in [-0.39, 0.29) is 0 Å². The Morgan fingerprint density at radius 3 is 2.94 bits per heavy atom. The van der Waals surface area contributed by atoms with Gasteiger partial charge in [-0.2, -0.15) is 0 Å². The fraction of sp³-hybridized carbons (Fsp3) is 0.455. The normalized spacial score (nSPS) is 12.9. The molecular formula is C11H15N3S2. The predicted molar refractivity (Wildman–Crippen MR) is 69.1 cm³/mol. The van der Waals surface area contributed by atoms with Gasteiger partial charge in [0.05, 0.1) is 21.9 Å². The van der Waals surface area contributed by atoms with Gasteiger partial charge in [0.1, 0.15) is 0 Å². The van der Waals surface area contributed by atoms with Gasteiger partial charge in [0.25, 0.3) is 0 Å². The second kappa shape index (κ2) is 5.52. The Labute approximate surface area is 104 Å². The Kier molecular flexibility index (Phi) is 4.04. The summed E-state index contributed by atoms with van der Waals surface area (Å²) in [5.74, 6) is 0. The van der Waals surface area contributed by atoms with E-state index in [0.29, 0.717) is 6.04 Å². The Balaban J connectivity index is 1.76. The fourth-order valence-electron chi connectivity index (χ4n) is 1.48. The molecule has 2 heterocycles. The Morgan fingerprint density at radius 2 is 2.31 bits per heavy atom. The maximum atomic E-state index is 4.44. The number of nitrogens with zero attached hydrogens (tertiary/aromatic N) is 2. The molecule has 0 saturated heterocycles. The Hall–Kier alpha value is -0.780. The minimum Gasteiger partial charge on any atom is -0.308 e. The van der Waals surface area contributed by atoms with Crippen molar-refractivity contribution in [2.24, 2.45) is 0 Å². The molecule has 86 valence electrons. The second-order valence-corrected chi connectivity index (χ2v) is 5.48. The molecule has 1 N–H and O–H groups in total. The number of nitrogens with one attached hydrogen (secondary N) is 1. The average molecular weight is 253 g/mol. The standard InChI is InChI=1S/C11H15N3S2/c1-8(11-6-15-7-13-11)12-4-3-10-5-16-9(2)14-10/h5-8,12H,3-4H2,1-2H3. The van der Waals surface area contributed by atoms with E-state index in [4.69, 9.17) is 0 Å². The highest BCUT2D eigenvalue weighted by molar-refractivity contribution is 7.09. The number of rotatable bonds is 5. The van der Waals surface area contributed by atoms with Crippen LogP contribution in [-0.2, 0) is 6.42 Å². The maximum absolute atomic E-state index is 4.44. The maximum Gasteiger partial charge on any atom is 0.0897 e. The smallest absolute Gasteiger partial charge is 0.0897 e. The number of thiazole rings is 2. The van der Waals surface area contributed by atoms with Crippen molar-refractivity contribution in [2.45, 2.75) is 26.3 Å². The molecule has 0 aliphatic heterocycles. The molecule has 0 spiro atoms. The lowest BCUT2D eigenvalue weighted by Gasteiger charge is -2.10. The summed E-state index contributed by atoms with van der Waals surface area (Å²) in [6, 6.07) is 0.325. The van der Waals surface area contributed by atoms with Crippen molar-refractivity contribution in [2.75, 3.05) is 6.54 Å². The fourth-order valence-corrected chi connectivity index (χ4v) is 2.78. The second-order valence-electron chi connectivity index (χ2n) is 3.70. The van der Waals surface area contributed by atoms with E-state index >= 15 is 0 Å².